The molecule has 9 heteroatoms. The number of rotatable bonds is 9. The third kappa shape index (κ3) is 7.54. The molecule has 2 aromatic heterocycles. The summed E-state index contributed by atoms with van der Waals surface area (Å²) in [5.41, 5.74) is 2.44. The van der Waals surface area contributed by atoms with Crippen molar-refractivity contribution in [3.8, 4) is 0 Å². The predicted molar refractivity (Wildman–Crippen MR) is 130 cm³/mol. The number of halogens is 1. The summed E-state index contributed by atoms with van der Waals surface area (Å²) < 4.78 is 5.53. The first-order valence-electron chi connectivity index (χ1n) is 10.1. The summed E-state index contributed by atoms with van der Waals surface area (Å²) in [7, 11) is 0. The highest BCUT2D eigenvalue weighted by Gasteiger charge is 2.23. The lowest BCUT2D eigenvalue weighted by atomic mass is 10.1. The number of nitrogens with one attached hydrogen (secondary N) is 3. The number of H-pyrrole nitrogens is 1. The van der Waals surface area contributed by atoms with Crippen LogP contribution in [-0.4, -0.2) is 67.0 Å². The number of aliphatic imine (C=N–C) groups is 1. The Kier molecular flexibility index (Phi) is 11.0. The van der Waals surface area contributed by atoms with Crippen LogP contribution in [0, 0.1) is 6.92 Å². The van der Waals surface area contributed by atoms with Crippen molar-refractivity contribution in [3.05, 3.63) is 39.8 Å². The van der Waals surface area contributed by atoms with Gasteiger partial charge in [-0.05, 0) is 43.7 Å². The molecule has 1 atom stereocenters. The Balaban J connectivity index is 0.00000300. The second-order valence-corrected chi connectivity index (χ2v) is 7.93. The van der Waals surface area contributed by atoms with Crippen LogP contribution in [0.5, 0.6) is 0 Å². The van der Waals surface area contributed by atoms with E-state index in [-0.39, 0.29) is 24.0 Å². The summed E-state index contributed by atoms with van der Waals surface area (Å²) >= 11 is 1.81. The number of morpholine rings is 1. The van der Waals surface area contributed by atoms with E-state index in [9.17, 15) is 0 Å². The van der Waals surface area contributed by atoms with Crippen molar-refractivity contribution in [1.82, 2.24) is 25.7 Å². The number of ether oxygens (including phenoxy) is 1. The van der Waals surface area contributed by atoms with Gasteiger partial charge in [-0.1, -0.05) is 6.07 Å². The van der Waals surface area contributed by atoms with Gasteiger partial charge in [-0.3, -0.25) is 15.0 Å². The number of nitrogens with zero attached hydrogens (tertiary/aromatic N) is 3. The maximum absolute atomic E-state index is 5.53. The molecule has 3 heterocycles. The molecule has 0 amide bonds. The molecule has 3 rings (SSSR count). The van der Waals surface area contributed by atoms with E-state index in [2.05, 4.69) is 57.1 Å². The molecular weight excluding hydrogens is 499 g/mol. The van der Waals surface area contributed by atoms with Gasteiger partial charge in [0.25, 0.3) is 0 Å². The Hall–Kier alpha value is -1.17. The third-order valence-electron chi connectivity index (χ3n) is 4.97. The van der Waals surface area contributed by atoms with Crippen LogP contribution in [0.15, 0.2) is 28.7 Å². The summed E-state index contributed by atoms with van der Waals surface area (Å²) in [5.74, 6) is 0.890. The fourth-order valence-corrected chi connectivity index (χ4v) is 4.24. The minimum absolute atomic E-state index is 0. The Bertz CT molecular complexity index is 714. The molecule has 162 valence electrons. The largest absolute Gasteiger partial charge is 0.379 e. The highest BCUT2D eigenvalue weighted by atomic mass is 127. The van der Waals surface area contributed by atoms with Crippen molar-refractivity contribution < 1.29 is 4.74 Å². The molecular formula is C20H33IN6OS. The minimum Gasteiger partial charge on any atom is -0.379 e. The average molecular weight is 532 g/mol. The number of thiophene rings is 1. The van der Waals surface area contributed by atoms with Crippen LogP contribution in [0.3, 0.4) is 0 Å². The maximum Gasteiger partial charge on any atom is 0.191 e. The predicted octanol–water partition coefficient (Wildman–Crippen LogP) is 2.96. The molecule has 0 radical (unpaired) electrons. The monoisotopic (exact) mass is 532 g/mol. The standard InChI is InChI=1S/C20H32N6OS.HI/c1-3-21-20(22-8-4-6-17-14-24-25-16(17)2)23-15-18(19-7-5-13-28-19)26-9-11-27-12-10-26;/h5,7,13-14,18H,3-4,6,8-12,15H2,1-2H3,(H,24,25)(H2,21,22,23);1H. The lowest BCUT2D eigenvalue weighted by Crippen LogP contribution is -2.41. The van der Waals surface area contributed by atoms with Gasteiger partial charge < -0.3 is 15.4 Å². The highest BCUT2D eigenvalue weighted by molar-refractivity contribution is 14.0. The van der Waals surface area contributed by atoms with Crippen molar-refractivity contribution >= 4 is 41.3 Å². The summed E-state index contributed by atoms with van der Waals surface area (Å²) in [6, 6.07) is 4.65. The molecule has 0 aliphatic carbocycles. The van der Waals surface area contributed by atoms with Gasteiger partial charge in [0.2, 0.25) is 0 Å². The topological polar surface area (TPSA) is 77.6 Å². The number of aromatic amines is 1. The number of aromatic nitrogens is 2. The Morgan fingerprint density at radius 1 is 1.38 bits per heavy atom. The second-order valence-electron chi connectivity index (χ2n) is 6.95. The van der Waals surface area contributed by atoms with Crippen molar-refractivity contribution in [2.45, 2.75) is 32.7 Å². The highest BCUT2D eigenvalue weighted by Crippen LogP contribution is 2.26. The number of hydrogen-bond donors (Lipinski definition) is 3. The zero-order valence-electron chi connectivity index (χ0n) is 17.3. The van der Waals surface area contributed by atoms with E-state index >= 15 is 0 Å². The average Bonchev–Trinajstić information content (AvgIpc) is 3.38. The summed E-state index contributed by atoms with van der Waals surface area (Å²) in [5, 5.41) is 16.1. The van der Waals surface area contributed by atoms with Crippen molar-refractivity contribution in [3.63, 3.8) is 0 Å². The molecule has 1 unspecified atom stereocenters. The first-order chi connectivity index (χ1) is 13.8. The van der Waals surface area contributed by atoms with Gasteiger partial charge in [-0.2, -0.15) is 5.10 Å². The van der Waals surface area contributed by atoms with Gasteiger partial charge in [-0.25, -0.2) is 0 Å². The molecule has 1 aliphatic heterocycles. The van der Waals surface area contributed by atoms with E-state index in [1.807, 2.05) is 17.5 Å². The van der Waals surface area contributed by atoms with Crippen LogP contribution in [0.4, 0.5) is 0 Å². The van der Waals surface area contributed by atoms with Gasteiger partial charge in [0.05, 0.1) is 32.0 Å². The van der Waals surface area contributed by atoms with E-state index in [0.29, 0.717) is 6.04 Å². The molecule has 0 aromatic carbocycles. The molecule has 7 nitrogen and oxygen atoms in total. The maximum atomic E-state index is 5.53. The van der Waals surface area contributed by atoms with Crippen LogP contribution < -0.4 is 10.6 Å². The van der Waals surface area contributed by atoms with Gasteiger partial charge in [0, 0.05) is 36.8 Å². The molecule has 1 fully saturated rings. The van der Waals surface area contributed by atoms with Gasteiger partial charge in [0.1, 0.15) is 0 Å². The minimum atomic E-state index is 0. The van der Waals surface area contributed by atoms with E-state index in [4.69, 9.17) is 9.73 Å². The smallest absolute Gasteiger partial charge is 0.191 e. The van der Waals surface area contributed by atoms with Crippen molar-refractivity contribution in [2.24, 2.45) is 4.99 Å². The number of guanidine groups is 1. The van der Waals surface area contributed by atoms with Crippen LogP contribution in [0.2, 0.25) is 0 Å². The van der Waals surface area contributed by atoms with E-state index in [1.165, 1.54) is 10.4 Å². The van der Waals surface area contributed by atoms with Crippen molar-refractivity contribution in [1.29, 1.82) is 0 Å². The molecule has 0 spiro atoms. The Morgan fingerprint density at radius 2 is 2.21 bits per heavy atom. The van der Waals surface area contributed by atoms with Crippen LogP contribution in [-0.2, 0) is 11.2 Å². The lowest BCUT2D eigenvalue weighted by molar-refractivity contribution is 0.0186. The summed E-state index contributed by atoms with van der Waals surface area (Å²) in [6.45, 7) is 10.2. The summed E-state index contributed by atoms with van der Waals surface area (Å²) in [4.78, 5) is 8.76. The molecule has 1 saturated heterocycles. The van der Waals surface area contributed by atoms with E-state index in [1.54, 1.807) is 0 Å². The molecule has 2 aromatic rings. The SMILES string of the molecule is CCNC(=NCC(c1cccs1)N1CCOCC1)NCCCc1cn[nH]c1C.I. The number of hydrogen-bond acceptors (Lipinski definition) is 5. The van der Waals surface area contributed by atoms with E-state index < -0.39 is 0 Å². The first-order valence-corrected chi connectivity index (χ1v) is 11.0. The second kappa shape index (κ2) is 13.2. The van der Waals surface area contributed by atoms with Crippen LogP contribution in [0.1, 0.15) is 35.5 Å². The zero-order valence-corrected chi connectivity index (χ0v) is 20.5. The fourth-order valence-electron chi connectivity index (χ4n) is 3.39. The zero-order chi connectivity index (χ0) is 19.6. The Labute approximate surface area is 194 Å². The normalized spacial score (nSPS) is 16.3. The van der Waals surface area contributed by atoms with Crippen molar-refractivity contribution in [2.75, 3.05) is 45.9 Å². The molecule has 29 heavy (non-hydrogen) atoms. The van der Waals surface area contributed by atoms with E-state index in [0.717, 1.165) is 70.4 Å². The molecule has 0 bridgehead atoms. The molecule has 3 N–H and O–H groups in total. The molecule has 0 saturated carbocycles. The number of aryl methyl sites for hydroxylation is 2. The molecule has 1 aliphatic rings. The van der Waals surface area contributed by atoms with Crippen LogP contribution in [0.25, 0.3) is 0 Å². The first kappa shape index (κ1) is 24.1. The lowest BCUT2D eigenvalue weighted by Gasteiger charge is -2.33. The fraction of sp³-hybridized carbons (Fsp3) is 0.600. The third-order valence-corrected chi connectivity index (χ3v) is 5.95. The van der Waals surface area contributed by atoms with Gasteiger partial charge >= 0.3 is 0 Å². The quantitative estimate of drug-likeness (QED) is 0.201. The van der Waals surface area contributed by atoms with Crippen LogP contribution >= 0.6 is 35.3 Å². The van der Waals surface area contributed by atoms with Gasteiger partial charge in [-0.15, -0.1) is 35.3 Å². The summed E-state index contributed by atoms with van der Waals surface area (Å²) in [6.07, 6.45) is 3.98. The Morgan fingerprint density at radius 3 is 2.86 bits per heavy atom. The van der Waals surface area contributed by atoms with Gasteiger partial charge in [0.15, 0.2) is 5.96 Å².